The van der Waals surface area contributed by atoms with E-state index in [1.807, 2.05) is 11.9 Å². The fourth-order valence-corrected chi connectivity index (χ4v) is 4.78. The van der Waals surface area contributed by atoms with Gasteiger partial charge >= 0.3 is 5.97 Å². The van der Waals surface area contributed by atoms with E-state index in [1.54, 1.807) is 24.3 Å². The highest BCUT2D eigenvalue weighted by Crippen LogP contribution is 2.26. The first kappa shape index (κ1) is 25.1. The Morgan fingerprint density at radius 2 is 1.88 bits per heavy atom. The van der Waals surface area contributed by atoms with Crippen LogP contribution in [0, 0.1) is 5.82 Å². The summed E-state index contributed by atoms with van der Waals surface area (Å²) in [5.41, 5.74) is 0.207. The zero-order chi connectivity index (χ0) is 23.8. The molecule has 3 rings (SSSR count). The highest BCUT2D eigenvalue weighted by molar-refractivity contribution is 8.00. The molecular weight excluding hydrogens is 467 g/mol. The SMILES string of the molecule is CN(C(=O)CSc1ccccc1C(=O)OCC(=O)Nc1ccc(Cl)cc1F)C1CCCCC1. The first-order valence-electron chi connectivity index (χ1n) is 10.7. The van der Waals surface area contributed by atoms with E-state index in [4.69, 9.17) is 16.3 Å². The predicted octanol–water partition coefficient (Wildman–Crippen LogP) is 5.16. The number of rotatable bonds is 8. The molecule has 9 heteroatoms. The molecule has 0 unspecified atom stereocenters. The van der Waals surface area contributed by atoms with Crippen molar-refractivity contribution in [1.82, 2.24) is 4.90 Å². The smallest absolute Gasteiger partial charge is 0.339 e. The topological polar surface area (TPSA) is 75.7 Å². The largest absolute Gasteiger partial charge is 0.452 e. The monoisotopic (exact) mass is 492 g/mol. The third-order valence-electron chi connectivity index (χ3n) is 5.51. The Balaban J connectivity index is 1.53. The van der Waals surface area contributed by atoms with E-state index in [9.17, 15) is 18.8 Å². The lowest BCUT2D eigenvalue weighted by Gasteiger charge is -2.31. The van der Waals surface area contributed by atoms with Crippen LogP contribution in [0.1, 0.15) is 42.5 Å². The molecule has 1 saturated carbocycles. The number of ether oxygens (including phenoxy) is 1. The number of thioether (sulfide) groups is 1. The Labute approximate surface area is 201 Å². The summed E-state index contributed by atoms with van der Waals surface area (Å²) in [5.74, 6) is -1.85. The number of amides is 2. The van der Waals surface area contributed by atoms with Crippen molar-refractivity contribution in [2.45, 2.75) is 43.0 Å². The molecule has 0 radical (unpaired) electrons. The molecule has 33 heavy (non-hydrogen) atoms. The molecule has 6 nitrogen and oxygen atoms in total. The van der Waals surface area contributed by atoms with Crippen LogP contribution in [0.25, 0.3) is 0 Å². The molecule has 1 aliphatic rings. The number of anilines is 1. The Morgan fingerprint density at radius 1 is 1.15 bits per heavy atom. The van der Waals surface area contributed by atoms with Crippen molar-refractivity contribution in [3.63, 3.8) is 0 Å². The van der Waals surface area contributed by atoms with E-state index in [2.05, 4.69) is 5.32 Å². The molecular formula is C24H26ClFN2O4S. The van der Waals surface area contributed by atoms with Gasteiger partial charge in [0.05, 0.1) is 17.0 Å². The molecule has 1 fully saturated rings. The van der Waals surface area contributed by atoms with E-state index >= 15 is 0 Å². The zero-order valence-electron chi connectivity index (χ0n) is 18.3. The second-order valence-corrected chi connectivity index (χ2v) is 9.28. The average molecular weight is 493 g/mol. The normalized spacial score (nSPS) is 13.9. The fraction of sp³-hybridized carbons (Fsp3) is 0.375. The van der Waals surface area contributed by atoms with Crippen LogP contribution < -0.4 is 5.32 Å². The van der Waals surface area contributed by atoms with Gasteiger partial charge in [-0.2, -0.15) is 0 Å². The molecule has 2 aromatic rings. The third-order valence-corrected chi connectivity index (χ3v) is 6.81. The summed E-state index contributed by atoms with van der Waals surface area (Å²) in [6.45, 7) is -0.580. The van der Waals surface area contributed by atoms with E-state index in [-0.39, 0.29) is 34.0 Å². The highest BCUT2D eigenvalue weighted by atomic mass is 35.5. The van der Waals surface area contributed by atoms with Crippen LogP contribution >= 0.6 is 23.4 Å². The van der Waals surface area contributed by atoms with Crippen molar-refractivity contribution in [3.8, 4) is 0 Å². The summed E-state index contributed by atoms with van der Waals surface area (Å²) < 4.78 is 18.9. The molecule has 0 heterocycles. The first-order valence-corrected chi connectivity index (χ1v) is 12.1. The highest BCUT2D eigenvalue weighted by Gasteiger charge is 2.23. The maximum atomic E-state index is 13.8. The number of hydrogen-bond acceptors (Lipinski definition) is 5. The van der Waals surface area contributed by atoms with Gasteiger partial charge in [0, 0.05) is 23.0 Å². The van der Waals surface area contributed by atoms with Gasteiger partial charge in [0.2, 0.25) is 5.91 Å². The molecule has 2 amide bonds. The van der Waals surface area contributed by atoms with E-state index < -0.39 is 24.3 Å². The number of benzene rings is 2. The number of halogens is 2. The van der Waals surface area contributed by atoms with Crippen LogP contribution in [0.3, 0.4) is 0 Å². The molecule has 0 saturated heterocycles. The number of carbonyl (C=O) groups excluding carboxylic acids is 3. The number of hydrogen-bond donors (Lipinski definition) is 1. The number of esters is 1. The van der Waals surface area contributed by atoms with Crippen LogP contribution in [-0.2, 0) is 14.3 Å². The summed E-state index contributed by atoms with van der Waals surface area (Å²) in [4.78, 5) is 39.7. The Hall–Kier alpha value is -2.58. The molecule has 0 atom stereocenters. The maximum absolute atomic E-state index is 13.8. The first-order chi connectivity index (χ1) is 15.8. The Kier molecular flexibility index (Phi) is 9.14. The summed E-state index contributed by atoms with van der Waals surface area (Å²) in [5, 5.41) is 2.54. The fourth-order valence-electron chi connectivity index (χ4n) is 3.66. The van der Waals surface area contributed by atoms with Gasteiger partial charge in [-0.1, -0.05) is 43.0 Å². The minimum Gasteiger partial charge on any atom is -0.452 e. The molecule has 176 valence electrons. The van der Waals surface area contributed by atoms with Crippen molar-refractivity contribution >= 4 is 46.8 Å². The molecule has 1 N–H and O–H groups in total. The number of carbonyl (C=O) groups is 3. The lowest BCUT2D eigenvalue weighted by atomic mass is 9.94. The van der Waals surface area contributed by atoms with Crippen molar-refractivity contribution in [1.29, 1.82) is 0 Å². The second kappa shape index (κ2) is 12.0. The van der Waals surface area contributed by atoms with E-state index in [0.717, 1.165) is 31.7 Å². The van der Waals surface area contributed by atoms with Gasteiger partial charge in [-0.15, -0.1) is 11.8 Å². The Bertz CT molecular complexity index is 1010. The van der Waals surface area contributed by atoms with Crippen molar-refractivity contribution < 1.29 is 23.5 Å². The van der Waals surface area contributed by atoms with Gasteiger partial charge in [-0.25, -0.2) is 9.18 Å². The van der Waals surface area contributed by atoms with Gasteiger partial charge in [-0.3, -0.25) is 9.59 Å². The second-order valence-electron chi connectivity index (χ2n) is 7.83. The van der Waals surface area contributed by atoms with Crippen molar-refractivity contribution in [3.05, 3.63) is 58.9 Å². The van der Waals surface area contributed by atoms with Crippen molar-refractivity contribution in [2.24, 2.45) is 0 Å². The van der Waals surface area contributed by atoms with Gasteiger partial charge < -0.3 is 15.0 Å². The lowest BCUT2D eigenvalue weighted by Crippen LogP contribution is -2.39. The molecule has 0 spiro atoms. The van der Waals surface area contributed by atoms with Gasteiger partial charge in [-0.05, 0) is 43.2 Å². The van der Waals surface area contributed by atoms with Crippen LogP contribution in [0.5, 0.6) is 0 Å². The minimum absolute atomic E-state index is 0.0134. The standard InChI is InChI=1S/C24H26ClFN2O4S/c1-28(17-7-3-2-4-8-17)23(30)15-33-21-10-6-5-9-18(21)24(31)32-14-22(29)27-20-12-11-16(25)13-19(20)26/h5-6,9-13,17H,2-4,7-8,14-15H2,1H3,(H,27,29). The summed E-state index contributed by atoms with van der Waals surface area (Å²) in [6, 6.07) is 10.9. The van der Waals surface area contributed by atoms with Crippen LogP contribution in [0.2, 0.25) is 5.02 Å². The minimum atomic E-state index is -0.696. The number of nitrogens with zero attached hydrogens (tertiary/aromatic N) is 1. The molecule has 0 aliphatic heterocycles. The van der Waals surface area contributed by atoms with Gasteiger partial charge in [0.25, 0.3) is 5.91 Å². The predicted molar refractivity (Wildman–Crippen MR) is 127 cm³/mol. The summed E-state index contributed by atoms with van der Waals surface area (Å²) in [6.07, 6.45) is 5.55. The molecule has 1 aliphatic carbocycles. The van der Waals surface area contributed by atoms with Crippen molar-refractivity contribution in [2.75, 3.05) is 24.7 Å². The quantitative estimate of drug-likeness (QED) is 0.407. The molecule has 0 bridgehead atoms. The van der Waals surface area contributed by atoms with Crippen LogP contribution in [0.15, 0.2) is 47.4 Å². The van der Waals surface area contributed by atoms with Crippen LogP contribution in [0.4, 0.5) is 10.1 Å². The summed E-state index contributed by atoms with van der Waals surface area (Å²) >= 11 is 6.95. The van der Waals surface area contributed by atoms with Crippen LogP contribution in [-0.4, -0.2) is 48.1 Å². The zero-order valence-corrected chi connectivity index (χ0v) is 19.9. The number of nitrogens with one attached hydrogen (secondary N) is 1. The summed E-state index contributed by atoms with van der Waals surface area (Å²) in [7, 11) is 1.83. The Morgan fingerprint density at radius 3 is 2.61 bits per heavy atom. The maximum Gasteiger partial charge on any atom is 0.339 e. The third kappa shape index (κ3) is 7.20. The average Bonchev–Trinajstić information content (AvgIpc) is 2.83. The lowest BCUT2D eigenvalue weighted by molar-refractivity contribution is -0.129. The molecule has 2 aromatic carbocycles. The van der Waals surface area contributed by atoms with Gasteiger partial charge in [0.15, 0.2) is 6.61 Å². The van der Waals surface area contributed by atoms with Gasteiger partial charge in [0.1, 0.15) is 5.82 Å². The van der Waals surface area contributed by atoms with E-state index in [1.165, 1.54) is 30.3 Å². The molecule has 0 aromatic heterocycles. The van der Waals surface area contributed by atoms with E-state index in [0.29, 0.717) is 4.90 Å².